The monoisotopic (exact) mass is 1110 g/mol. The molecule has 0 N–H and O–H groups in total. The van der Waals surface area contributed by atoms with Crippen molar-refractivity contribution in [3.8, 4) is 17.2 Å². The third-order valence-corrected chi connectivity index (χ3v) is 23.6. The summed E-state index contributed by atoms with van der Waals surface area (Å²) in [5, 5.41) is 0. The normalized spacial score (nSPS) is 13.9. The summed E-state index contributed by atoms with van der Waals surface area (Å²) in [7, 11) is 2.23. The molecule has 3 atom stereocenters. The molecule has 0 heterocycles. The summed E-state index contributed by atoms with van der Waals surface area (Å²) in [6.45, 7) is 38.5. The van der Waals surface area contributed by atoms with Crippen LogP contribution >= 0.6 is 0 Å². The first-order chi connectivity index (χ1) is 36.6. The zero-order valence-corrected chi connectivity index (χ0v) is 56.1. The molecule has 3 aromatic rings. The summed E-state index contributed by atoms with van der Waals surface area (Å²) in [5.41, 5.74) is 6.84. The van der Waals surface area contributed by atoms with Gasteiger partial charge in [0.1, 0.15) is 17.2 Å². The van der Waals surface area contributed by atoms with Gasteiger partial charge < -0.3 is 14.2 Å². The molecular weight excluding hydrogens is 993 g/mol. The van der Waals surface area contributed by atoms with E-state index in [1.165, 1.54) is 146 Å². The average Bonchev–Trinajstić information content (AvgIpc) is 3.39. The minimum absolute atomic E-state index is 0.379. The molecule has 0 spiro atoms. The van der Waals surface area contributed by atoms with Gasteiger partial charge >= 0.3 is 0 Å². The molecule has 3 rings (SSSR count). The Hall–Kier alpha value is -1.94. The lowest BCUT2D eigenvalue weighted by Gasteiger charge is -2.26. The van der Waals surface area contributed by atoms with Crippen LogP contribution in [0.25, 0.3) is 0 Å². The predicted octanol–water partition coefficient (Wildman–Crippen LogP) is 22.0. The zero-order chi connectivity index (χ0) is 55.8. The second kappa shape index (κ2) is 37.9. The van der Waals surface area contributed by atoms with Gasteiger partial charge in [-0.05, 0) is 124 Å². The van der Waals surface area contributed by atoms with Crippen LogP contribution in [0.15, 0.2) is 69.3 Å². The number of hydrogen-bond acceptors (Lipinski definition) is 3. The van der Waals surface area contributed by atoms with Crippen molar-refractivity contribution in [2.24, 2.45) is 16.2 Å². The molecule has 0 saturated carbocycles. The van der Waals surface area contributed by atoms with E-state index in [0.29, 0.717) is 32.9 Å². The SMILES string of the molecule is CCCCCC(C)(C)CC[Si]C(CC)c1cc([S+](c2ccc(OCCCC)c(C(CC)[Si]CCC(C)(C)CCCCC)c2)c2ccc(OCCCC)c(C(CC)[Si]CCC(C)(C)CCCCC)c2)ccc1OCCCC. The second-order valence-electron chi connectivity index (χ2n) is 24.9. The fraction of sp³-hybridized carbons (Fsp3) is 0.739. The molecule has 6 radical (unpaired) electrons. The lowest BCUT2D eigenvalue weighted by molar-refractivity contribution is 0.304. The van der Waals surface area contributed by atoms with Crippen LogP contribution < -0.4 is 14.2 Å². The Morgan fingerprint density at radius 1 is 0.355 bits per heavy atom. The summed E-state index contributed by atoms with van der Waals surface area (Å²) in [6, 6.07) is 26.2. The van der Waals surface area contributed by atoms with Crippen LogP contribution in [0, 0.1) is 16.2 Å². The standard InChI is InChI=1S/C69H117O3SSi3/c1-16-25-31-40-67(10,11)43-49-74-64(22-7)58-52-55(34-37-61(58)70-46-28-19-4)73(56-35-38-62(71-47-29-20-5)59(53-56)65(23-8)75-50-44-68(12,13)41-32-26-17-2)57-36-39-63(72-48-30-21-6)60(54-57)66(24-9)76-51-45-69(14,15)42-33-27-18-3/h34-39,52-54,64-66H,16-33,40-51H2,1-15H3/q+1. The van der Waals surface area contributed by atoms with Crippen molar-refractivity contribution in [2.75, 3.05) is 19.8 Å². The first kappa shape index (κ1) is 68.3. The molecule has 3 nitrogen and oxygen atoms in total. The third kappa shape index (κ3) is 24.8. The first-order valence-electron chi connectivity index (χ1n) is 31.8. The molecule has 3 aromatic carbocycles. The largest absolute Gasteiger partial charge is 0.493 e. The molecule has 0 bridgehead atoms. The van der Waals surface area contributed by atoms with Gasteiger partial charge in [-0.2, -0.15) is 0 Å². The summed E-state index contributed by atoms with van der Waals surface area (Å²) >= 11 is 0. The Kier molecular flexibility index (Phi) is 34.1. The van der Waals surface area contributed by atoms with Crippen LogP contribution in [0.1, 0.15) is 291 Å². The van der Waals surface area contributed by atoms with E-state index < -0.39 is 0 Å². The highest BCUT2D eigenvalue weighted by molar-refractivity contribution is 7.97. The Balaban J connectivity index is 2.34. The number of hydrogen-bond donors (Lipinski definition) is 0. The van der Waals surface area contributed by atoms with Gasteiger partial charge in [0.15, 0.2) is 14.7 Å². The zero-order valence-electron chi connectivity index (χ0n) is 52.3. The Bertz CT molecular complexity index is 1760. The van der Waals surface area contributed by atoms with E-state index in [9.17, 15) is 0 Å². The first-order valence-corrected chi connectivity index (χ1v) is 36.9. The minimum atomic E-state index is -0.379. The Morgan fingerprint density at radius 2 is 0.618 bits per heavy atom. The highest BCUT2D eigenvalue weighted by Crippen LogP contribution is 2.44. The molecule has 0 fully saturated rings. The lowest BCUT2D eigenvalue weighted by atomic mass is 9.84. The van der Waals surface area contributed by atoms with E-state index in [1.807, 2.05) is 0 Å². The molecule has 428 valence electrons. The summed E-state index contributed by atoms with van der Waals surface area (Å²) in [5.74, 6) is 3.33. The lowest BCUT2D eigenvalue weighted by Crippen LogP contribution is -2.17. The predicted molar refractivity (Wildman–Crippen MR) is 341 cm³/mol. The van der Waals surface area contributed by atoms with E-state index in [4.69, 9.17) is 14.2 Å². The number of rotatable bonds is 45. The van der Waals surface area contributed by atoms with E-state index >= 15 is 0 Å². The van der Waals surface area contributed by atoms with Crippen LogP contribution in [-0.2, 0) is 10.9 Å². The average molecular weight is 1110 g/mol. The highest BCUT2D eigenvalue weighted by Gasteiger charge is 2.35. The van der Waals surface area contributed by atoms with Crippen molar-refractivity contribution in [3.05, 3.63) is 71.3 Å². The van der Waals surface area contributed by atoms with Gasteiger partial charge in [-0.3, -0.25) is 0 Å². The molecule has 0 aliphatic carbocycles. The maximum absolute atomic E-state index is 6.83. The van der Waals surface area contributed by atoms with E-state index in [1.54, 1.807) is 0 Å². The van der Waals surface area contributed by atoms with Gasteiger partial charge in [0, 0.05) is 46.8 Å². The van der Waals surface area contributed by atoms with Gasteiger partial charge in [-0.15, -0.1) is 0 Å². The van der Waals surface area contributed by atoms with Crippen LogP contribution in [0.3, 0.4) is 0 Å². The Morgan fingerprint density at radius 3 is 0.855 bits per heavy atom. The van der Waals surface area contributed by atoms with Crippen molar-refractivity contribution in [3.63, 3.8) is 0 Å². The van der Waals surface area contributed by atoms with E-state index in [2.05, 4.69) is 158 Å². The molecule has 0 amide bonds. The molecule has 7 heteroatoms. The van der Waals surface area contributed by atoms with Crippen LogP contribution in [0.5, 0.6) is 17.2 Å². The van der Waals surface area contributed by atoms with Gasteiger partial charge in [-0.1, -0.05) is 238 Å². The molecule has 0 saturated heterocycles. The van der Waals surface area contributed by atoms with Crippen molar-refractivity contribution in [2.45, 2.75) is 307 Å². The Labute approximate surface area is 482 Å². The molecule has 3 unspecified atom stereocenters. The quantitative estimate of drug-likeness (QED) is 0.0321. The maximum atomic E-state index is 6.83. The van der Waals surface area contributed by atoms with Crippen molar-refractivity contribution < 1.29 is 14.2 Å². The van der Waals surface area contributed by atoms with Gasteiger partial charge in [0.2, 0.25) is 0 Å². The van der Waals surface area contributed by atoms with Crippen molar-refractivity contribution in [1.82, 2.24) is 0 Å². The van der Waals surface area contributed by atoms with Crippen LogP contribution in [0.4, 0.5) is 0 Å². The molecule has 0 aromatic heterocycles. The van der Waals surface area contributed by atoms with Crippen molar-refractivity contribution >= 4 is 39.5 Å². The molecule has 0 aliphatic rings. The van der Waals surface area contributed by atoms with Gasteiger partial charge in [0.25, 0.3) is 0 Å². The number of unbranched alkanes of at least 4 members (excludes halogenated alkanes) is 9. The van der Waals surface area contributed by atoms with Crippen LogP contribution in [-0.4, -0.2) is 48.4 Å². The van der Waals surface area contributed by atoms with E-state index in [0.717, 1.165) is 123 Å². The smallest absolute Gasteiger partial charge is 0.167 e. The third-order valence-electron chi connectivity index (χ3n) is 16.2. The summed E-state index contributed by atoms with van der Waals surface area (Å²) < 4.78 is 20.5. The fourth-order valence-corrected chi connectivity index (χ4v) is 18.5. The van der Waals surface area contributed by atoms with Gasteiger partial charge in [0.05, 0.1) is 30.7 Å². The summed E-state index contributed by atoms with van der Waals surface area (Å²) in [4.78, 5) is 4.22. The molecule has 76 heavy (non-hydrogen) atoms. The van der Waals surface area contributed by atoms with E-state index in [-0.39, 0.29) is 10.9 Å². The number of benzene rings is 3. The molecular formula is C69H117O3SSi3+. The van der Waals surface area contributed by atoms with Crippen molar-refractivity contribution in [1.29, 1.82) is 0 Å². The van der Waals surface area contributed by atoms with Gasteiger partial charge in [-0.25, -0.2) is 0 Å². The second-order valence-corrected chi connectivity index (χ2v) is 31.7. The number of ether oxygens (including phenoxy) is 3. The summed E-state index contributed by atoms with van der Waals surface area (Å²) in [6.07, 6.45) is 29.8. The minimum Gasteiger partial charge on any atom is -0.493 e. The topological polar surface area (TPSA) is 27.7 Å². The molecule has 0 aliphatic heterocycles. The van der Waals surface area contributed by atoms with Crippen LogP contribution in [0.2, 0.25) is 18.1 Å². The maximum Gasteiger partial charge on any atom is 0.167 e. The highest BCUT2D eigenvalue weighted by atomic mass is 32.2. The fourth-order valence-electron chi connectivity index (χ4n) is 10.7.